The molecule has 0 aliphatic heterocycles. The smallest absolute Gasteiger partial charge is 0.0503 e. The number of nitrogens with one attached hydrogen (secondary N) is 1. The Morgan fingerprint density at radius 3 is 2.94 bits per heavy atom. The van der Waals surface area contributed by atoms with Gasteiger partial charge < -0.3 is 9.88 Å². The maximum Gasteiger partial charge on any atom is 0.0503 e. The molecule has 17 heavy (non-hydrogen) atoms. The molecule has 1 heterocycles. The van der Waals surface area contributed by atoms with Gasteiger partial charge in [0.25, 0.3) is 0 Å². The second kappa shape index (κ2) is 4.35. The molecule has 0 bridgehead atoms. The van der Waals surface area contributed by atoms with Crippen molar-refractivity contribution in [3.05, 3.63) is 35.0 Å². The van der Waals surface area contributed by atoms with Crippen molar-refractivity contribution in [2.24, 2.45) is 7.05 Å². The number of fused-ring (bicyclic) bond motifs is 1. The van der Waals surface area contributed by atoms with Gasteiger partial charge in [0.15, 0.2) is 0 Å². The first-order chi connectivity index (χ1) is 8.25. The van der Waals surface area contributed by atoms with Crippen LogP contribution >= 0.6 is 11.6 Å². The van der Waals surface area contributed by atoms with Crippen LogP contribution in [0.4, 0.5) is 0 Å². The summed E-state index contributed by atoms with van der Waals surface area (Å²) in [7, 11) is 2.07. The highest BCUT2D eigenvalue weighted by Gasteiger charge is 2.17. The molecule has 2 nitrogen and oxygen atoms in total. The Kier molecular flexibility index (Phi) is 2.85. The van der Waals surface area contributed by atoms with Crippen LogP contribution in [-0.4, -0.2) is 10.6 Å². The van der Waals surface area contributed by atoms with Gasteiger partial charge in [-0.3, -0.25) is 0 Å². The van der Waals surface area contributed by atoms with Crippen molar-refractivity contribution < 1.29 is 0 Å². The van der Waals surface area contributed by atoms with E-state index in [0.717, 1.165) is 11.6 Å². The summed E-state index contributed by atoms with van der Waals surface area (Å²) >= 11 is 6.30. The third-order valence-electron chi connectivity index (χ3n) is 3.73. The fourth-order valence-corrected chi connectivity index (χ4v) is 2.78. The maximum absolute atomic E-state index is 6.30. The summed E-state index contributed by atoms with van der Waals surface area (Å²) in [6.07, 6.45) is 6.19. The molecular weight excluding hydrogens is 232 g/mol. The minimum absolute atomic E-state index is 0.716. The van der Waals surface area contributed by atoms with Gasteiger partial charge in [-0.15, -0.1) is 0 Å². The molecule has 1 fully saturated rings. The minimum Gasteiger partial charge on any atom is -0.350 e. The third kappa shape index (κ3) is 1.96. The SMILES string of the molecule is Cn1cc(CNC2CCC2)c2c(Cl)cccc21. The van der Waals surface area contributed by atoms with Crippen LogP contribution in [0, 0.1) is 0 Å². The Morgan fingerprint density at radius 2 is 2.24 bits per heavy atom. The third-order valence-corrected chi connectivity index (χ3v) is 4.04. The van der Waals surface area contributed by atoms with Crippen molar-refractivity contribution in [1.29, 1.82) is 0 Å². The van der Waals surface area contributed by atoms with Crippen molar-refractivity contribution in [2.75, 3.05) is 0 Å². The number of nitrogens with zero attached hydrogens (tertiary/aromatic N) is 1. The first-order valence-electron chi connectivity index (χ1n) is 6.21. The van der Waals surface area contributed by atoms with Crippen molar-refractivity contribution in [3.8, 4) is 0 Å². The van der Waals surface area contributed by atoms with Gasteiger partial charge in [-0.25, -0.2) is 0 Å². The minimum atomic E-state index is 0.716. The number of aryl methyl sites for hydroxylation is 1. The molecule has 1 aromatic carbocycles. The summed E-state index contributed by atoms with van der Waals surface area (Å²) in [5.41, 5.74) is 2.52. The molecule has 0 amide bonds. The van der Waals surface area contributed by atoms with Crippen LogP contribution in [0.15, 0.2) is 24.4 Å². The van der Waals surface area contributed by atoms with E-state index in [1.165, 1.54) is 35.7 Å². The lowest BCUT2D eigenvalue weighted by molar-refractivity contribution is 0.338. The molecule has 90 valence electrons. The molecule has 1 saturated carbocycles. The number of benzene rings is 1. The topological polar surface area (TPSA) is 17.0 Å². The van der Waals surface area contributed by atoms with Crippen molar-refractivity contribution in [3.63, 3.8) is 0 Å². The van der Waals surface area contributed by atoms with E-state index in [-0.39, 0.29) is 0 Å². The Hall–Kier alpha value is -0.990. The summed E-state index contributed by atoms with van der Waals surface area (Å²) in [4.78, 5) is 0. The van der Waals surface area contributed by atoms with E-state index < -0.39 is 0 Å². The summed E-state index contributed by atoms with van der Waals surface area (Å²) in [6.45, 7) is 0.922. The second-order valence-corrected chi connectivity index (χ2v) is 5.32. The molecule has 1 aliphatic rings. The van der Waals surface area contributed by atoms with Crippen LogP contribution < -0.4 is 5.32 Å². The molecule has 0 spiro atoms. The van der Waals surface area contributed by atoms with Crippen LogP contribution in [-0.2, 0) is 13.6 Å². The Balaban J connectivity index is 1.92. The standard InChI is InChI=1S/C14H17ClN2/c1-17-9-10(8-16-11-4-2-5-11)14-12(15)6-3-7-13(14)17/h3,6-7,9,11,16H,2,4-5,8H2,1H3. The van der Waals surface area contributed by atoms with Gasteiger partial charge in [-0.05, 0) is 30.5 Å². The van der Waals surface area contributed by atoms with Gasteiger partial charge in [0.05, 0.1) is 5.02 Å². The molecule has 0 atom stereocenters. The van der Waals surface area contributed by atoms with Gasteiger partial charge in [-0.2, -0.15) is 0 Å². The highest BCUT2D eigenvalue weighted by atomic mass is 35.5. The molecule has 0 radical (unpaired) electrons. The number of hydrogen-bond donors (Lipinski definition) is 1. The first kappa shape index (κ1) is 11.1. The maximum atomic E-state index is 6.30. The van der Waals surface area contributed by atoms with Crippen LogP contribution in [0.1, 0.15) is 24.8 Å². The summed E-state index contributed by atoms with van der Waals surface area (Å²) in [5, 5.41) is 5.65. The van der Waals surface area contributed by atoms with Gasteiger partial charge in [0, 0.05) is 36.7 Å². The lowest BCUT2D eigenvalue weighted by Crippen LogP contribution is -2.34. The molecule has 1 aromatic heterocycles. The van der Waals surface area contributed by atoms with Gasteiger partial charge in [0.2, 0.25) is 0 Å². The van der Waals surface area contributed by atoms with Crippen molar-refractivity contribution >= 4 is 22.5 Å². The fraction of sp³-hybridized carbons (Fsp3) is 0.429. The predicted molar refractivity (Wildman–Crippen MR) is 72.4 cm³/mol. The average Bonchev–Trinajstić information content (AvgIpc) is 2.55. The molecule has 3 rings (SSSR count). The number of halogens is 1. The largest absolute Gasteiger partial charge is 0.350 e. The Bertz CT molecular complexity index is 540. The molecule has 0 saturated heterocycles. The van der Waals surface area contributed by atoms with Crippen LogP contribution in [0.2, 0.25) is 5.02 Å². The molecule has 2 aromatic rings. The van der Waals surface area contributed by atoms with E-state index >= 15 is 0 Å². The Labute approximate surface area is 107 Å². The van der Waals surface area contributed by atoms with E-state index in [2.05, 4.69) is 29.2 Å². The summed E-state index contributed by atoms with van der Waals surface area (Å²) in [5.74, 6) is 0. The van der Waals surface area contributed by atoms with Gasteiger partial charge >= 0.3 is 0 Å². The molecule has 0 unspecified atom stereocenters. The quantitative estimate of drug-likeness (QED) is 0.880. The predicted octanol–water partition coefficient (Wildman–Crippen LogP) is 3.47. The highest BCUT2D eigenvalue weighted by Crippen LogP contribution is 2.28. The van der Waals surface area contributed by atoms with Gasteiger partial charge in [0.1, 0.15) is 0 Å². The van der Waals surface area contributed by atoms with Crippen LogP contribution in [0.25, 0.3) is 10.9 Å². The second-order valence-electron chi connectivity index (χ2n) is 4.91. The molecule has 1 aliphatic carbocycles. The van der Waals surface area contributed by atoms with Crippen molar-refractivity contribution in [1.82, 2.24) is 9.88 Å². The van der Waals surface area contributed by atoms with Gasteiger partial charge in [-0.1, -0.05) is 24.1 Å². The molecule has 1 N–H and O–H groups in total. The normalized spacial score (nSPS) is 16.4. The van der Waals surface area contributed by atoms with E-state index in [1.54, 1.807) is 0 Å². The molecular formula is C14H17ClN2. The van der Waals surface area contributed by atoms with E-state index in [1.807, 2.05) is 12.1 Å². The fourth-order valence-electron chi connectivity index (χ4n) is 2.49. The van der Waals surface area contributed by atoms with E-state index in [0.29, 0.717) is 6.04 Å². The first-order valence-corrected chi connectivity index (χ1v) is 6.59. The molecule has 3 heteroatoms. The van der Waals surface area contributed by atoms with Crippen LogP contribution in [0.5, 0.6) is 0 Å². The zero-order valence-electron chi connectivity index (χ0n) is 10.0. The van der Waals surface area contributed by atoms with Crippen LogP contribution in [0.3, 0.4) is 0 Å². The average molecular weight is 249 g/mol. The summed E-state index contributed by atoms with van der Waals surface area (Å²) in [6, 6.07) is 6.81. The Morgan fingerprint density at radius 1 is 1.41 bits per heavy atom. The number of rotatable bonds is 3. The highest BCUT2D eigenvalue weighted by molar-refractivity contribution is 6.35. The summed E-state index contributed by atoms with van der Waals surface area (Å²) < 4.78 is 2.15. The number of hydrogen-bond acceptors (Lipinski definition) is 1. The zero-order valence-corrected chi connectivity index (χ0v) is 10.8. The monoisotopic (exact) mass is 248 g/mol. The van der Waals surface area contributed by atoms with Crippen molar-refractivity contribution in [2.45, 2.75) is 31.8 Å². The lowest BCUT2D eigenvalue weighted by Gasteiger charge is -2.26. The van der Waals surface area contributed by atoms with E-state index in [4.69, 9.17) is 11.6 Å². The van der Waals surface area contributed by atoms with E-state index in [9.17, 15) is 0 Å². The lowest BCUT2D eigenvalue weighted by atomic mass is 9.93. The zero-order chi connectivity index (χ0) is 11.8. The number of aromatic nitrogens is 1.